The second kappa shape index (κ2) is 4.96. The van der Waals surface area contributed by atoms with Crippen LogP contribution in [0.3, 0.4) is 0 Å². The Labute approximate surface area is 101 Å². The predicted octanol–water partition coefficient (Wildman–Crippen LogP) is 2.20. The van der Waals surface area contributed by atoms with Gasteiger partial charge in [-0.25, -0.2) is 0 Å². The second-order valence-corrected chi connectivity index (χ2v) is 4.10. The van der Waals surface area contributed by atoms with Crippen molar-refractivity contribution in [3.8, 4) is 17.6 Å². The molecule has 1 aliphatic heterocycles. The quantitative estimate of drug-likeness (QED) is 0.784. The standard InChI is InChI=1S/C13H16N2O2/c1-10(9-14)15(2)11-4-5-12-13(8-11)17-7-3-6-16-12/h4-5,8,10H,3,6-7H2,1-2H3. The highest BCUT2D eigenvalue weighted by atomic mass is 16.5. The van der Waals surface area contributed by atoms with E-state index in [0.717, 1.165) is 23.6 Å². The highest BCUT2D eigenvalue weighted by molar-refractivity contribution is 5.57. The maximum atomic E-state index is 8.90. The van der Waals surface area contributed by atoms with Crippen molar-refractivity contribution in [2.75, 3.05) is 25.2 Å². The summed E-state index contributed by atoms with van der Waals surface area (Å²) >= 11 is 0. The largest absolute Gasteiger partial charge is 0.490 e. The molecule has 1 aromatic rings. The van der Waals surface area contributed by atoms with Crippen LogP contribution in [0.5, 0.6) is 11.5 Å². The van der Waals surface area contributed by atoms with Crippen LogP contribution in [-0.4, -0.2) is 26.3 Å². The van der Waals surface area contributed by atoms with Crippen molar-refractivity contribution in [2.45, 2.75) is 19.4 Å². The highest BCUT2D eigenvalue weighted by Crippen LogP contribution is 2.33. The van der Waals surface area contributed by atoms with Gasteiger partial charge in [0.2, 0.25) is 0 Å². The molecule has 0 aromatic heterocycles. The van der Waals surface area contributed by atoms with Gasteiger partial charge in [-0.2, -0.15) is 5.26 Å². The molecule has 0 saturated heterocycles. The predicted molar refractivity (Wildman–Crippen MR) is 65.5 cm³/mol. The van der Waals surface area contributed by atoms with Crippen molar-refractivity contribution >= 4 is 5.69 Å². The van der Waals surface area contributed by atoms with E-state index in [1.807, 2.05) is 37.1 Å². The van der Waals surface area contributed by atoms with E-state index in [0.29, 0.717) is 13.2 Å². The summed E-state index contributed by atoms with van der Waals surface area (Å²) in [6.07, 6.45) is 0.897. The summed E-state index contributed by atoms with van der Waals surface area (Å²) in [5.74, 6) is 1.54. The Morgan fingerprint density at radius 1 is 1.29 bits per heavy atom. The Kier molecular flexibility index (Phi) is 3.38. The van der Waals surface area contributed by atoms with E-state index in [-0.39, 0.29) is 6.04 Å². The van der Waals surface area contributed by atoms with Crippen LogP contribution >= 0.6 is 0 Å². The molecule has 0 fully saturated rings. The van der Waals surface area contributed by atoms with Gasteiger partial charge in [-0.3, -0.25) is 0 Å². The van der Waals surface area contributed by atoms with Crippen LogP contribution in [0, 0.1) is 11.3 Å². The molecule has 0 bridgehead atoms. The monoisotopic (exact) mass is 232 g/mol. The van der Waals surface area contributed by atoms with Gasteiger partial charge < -0.3 is 14.4 Å². The molecule has 4 heteroatoms. The maximum absolute atomic E-state index is 8.90. The molecule has 0 amide bonds. The molecule has 1 aliphatic rings. The van der Waals surface area contributed by atoms with Crippen molar-refractivity contribution in [1.82, 2.24) is 0 Å². The smallest absolute Gasteiger partial charge is 0.163 e. The van der Waals surface area contributed by atoms with E-state index in [2.05, 4.69) is 6.07 Å². The molecule has 1 heterocycles. The van der Waals surface area contributed by atoms with Gasteiger partial charge in [0.25, 0.3) is 0 Å². The van der Waals surface area contributed by atoms with E-state index >= 15 is 0 Å². The van der Waals surface area contributed by atoms with Crippen LogP contribution < -0.4 is 14.4 Å². The van der Waals surface area contributed by atoms with Crippen molar-refractivity contribution in [3.05, 3.63) is 18.2 Å². The fourth-order valence-electron chi connectivity index (χ4n) is 1.68. The van der Waals surface area contributed by atoms with Gasteiger partial charge in [-0.1, -0.05) is 0 Å². The van der Waals surface area contributed by atoms with E-state index in [9.17, 15) is 0 Å². The average molecular weight is 232 g/mol. The van der Waals surface area contributed by atoms with Crippen LogP contribution in [0.15, 0.2) is 18.2 Å². The van der Waals surface area contributed by atoms with Crippen LogP contribution in [0.2, 0.25) is 0 Å². The molecule has 0 saturated carbocycles. The van der Waals surface area contributed by atoms with Crippen molar-refractivity contribution in [1.29, 1.82) is 5.26 Å². The van der Waals surface area contributed by atoms with E-state index in [4.69, 9.17) is 14.7 Å². The molecule has 0 spiro atoms. The summed E-state index contributed by atoms with van der Waals surface area (Å²) in [5, 5.41) is 8.90. The lowest BCUT2D eigenvalue weighted by Gasteiger charge is -2.22. The minimum Gasteiger partial charge on any atom is -0.490 e. The minimum atomic E-state index is -0.167. The fourth-order valence-corrected chi connectivity index (χ4v) is 1.68. The third-order valence-electron chi connectivity index (χ3n) is 2.91. The number of ether oxygens (including phenoxy) is 2. The molecular weight excluding hydrogens is 216 g/mol. The van der Waals surface area contributed by atoms with Gasteiger partial charge in [0.05, 0.1) is 19.3 Å². The topological polar surface area (TPSA) is 45.5 Å². The third kappa shape index (κ3) is 2.44. The lowest BCUT2D eigenvalue weighted by molar-refractivity contribution is 0.297. The number of rotatable bonds is 2. The van der Waals surface area contributed by atoms with Crippen molar-refractivity contribution in [3.63, 3.8) is 0 Å². The summed E-state index contributed by atoms with van der Waals surface area (Å²) in [6, 6.07) is 7.81. The second-order valence-electron chi connectivity index (χ2n) is 4.10. The number of hydrogen-bond donors (Lipinski definition) is 0. The van der Waals surface area contributed by atoms with Crippen molar-refractivity contribution in [2.24, 2.45) is 0 Å². The van der Waals surface area contributed by atoms with E-state index in [1.54, 1.807) is 0 Å². The number of fused-ring (bicyclic) bond motifs is 1. The highest BCUT2D eigenvalue weighted by Gasteiger charge is 2.14. The molecule has 0 radical (unpaired) electrons. The summed E-state index contributed by atoms with van der Waals surface area (Å²) < 4.78 is 11.2. The zero-order chi connectivity index (χ0) is 12.3. The lowest BCUT2D eigenvalue weighted by atomic mass is 10.2. The zero-order valence-electron chi connectivity index (χ0n) is 10.1. The SMILES string of the molecule is CC(C#N)N(C)c1ccc2c(c1)OCCCO2. The maximum Gasteiger partial charge on any atom is 0.163 e. The molecular formula is C13H16N2O2. The van der Waals surface area contributed by atoms with Gasteiger partial charge >= 0.3 is 0 Å². The Hall–Kier alpha value is -1.89. The third-order valence-corrected chi connectivity index (χ3v) is 2.91. The molecule has 0 aliphatic carbocycles. The van der Waals surface area contributed by atoms with Gasteiger partial charge in [-0.15, -0.1) is 0 Å². The Balaban J connectivity index is 2.26. The summed E-state index contributed by atoms with van der Waals surface area (Å²) in [6.45, 7) is 3.23. The number of nitrogens with zero attached hydrogens (tertiary/aromatic N) is 2. The Morgan fingerprint density at radius 3 is 2.71 bits per heavy atom. The molecule has 1 atom stereocenters. The summed E-state index contributed by atoms with van der Waals surface area (Å²) in [5.41, 5.74) is 0.961. The first-order chi connectivity index (χ1) is 8.22. The van der Waals surface area contributed by atoms with Gasteiger partial charge in [-0.05, 0) is 19.1 Å². The van der Waals surface area contributed by atoms with Crippen LogP contribution in [0.4, 0.5) is 5.69 Å². The average Bonchev–Trinajstić information content (AvgIpc) is 2.61. The number of hydrogen-bond acceptors (Lipinski definition) is 4. The normalized spacial score (nSPS) is 15.6. The van der Waals surface area contributed by atoms with Gasteiger partial charge in [0, 0.05) is 25.2 Å². The molecule has 0 N–H and O–H groups in total. The van der Waals surface area contributed by atoms with E-state index < -0.39 is 0 Å². The summed E-state index contributed by atoms with van der Waals surface area (Å²) in [4.78, 5) is 1.91. The Bertz CT molecular complexity index is 440. The number of nitriles is 1. The minimum absolute atomic E-state index is 0.167. The lowest BCUT2D eigenvalue weighted by Crippen LogP contribution is -2.27. The first kappa shape index (κ1) is 11.6. The van der Waals surface area contributed by atoms with Gasteiger partial charge in [0.1, 0.15) is 6.04 Å². The molecule has 2 rings (SSSR count). The molecule has 1 unspecified atom stereocenters. The molecule has 17 heavy (non-hydrogen) atoms. The summed E-state index contributed by atoms with van der Waals surface area (Å²) in [7, 11) is 1.90. The first-order valence-corrected chi connectivity index (χ1v) is 5.74. The zero-order valence-corrected chi connectivity index (χ0v) is 10.1. The van der Waals surface area contributed by atoms with Crippen LogP contribution in [0.25, 0.3) is 0 Å². The Morgan fingerprint density at radius 2 is 2.00 bits per heavy atom. The van der Waals surface area contributed by atoms with Gasteiger partial charge in [0.15, 0.2) is 11.5 Å². The van der Waals surface area contributed by atoms with E-state index in [1.165, 1.54) is 0 Å². The molecule has 4 nitrogen and oxygen atoms in total. The first-order valence-electron chi connectivity index (χ1n) is 5.74. The number of anilines is 1. The van der Waals surface area contributed by atoms with Crippen LogP contribution in [-0.2, 0) is 0 Å². The molecule has 90 valence electrons. The van der Waals surface area contributed by atoms with Crippen molar-refractivity contribution < 1.29 is 9.47 Å². The fraction of sp³-hybridized carbons (Fsp3) is 0.462. The number of benzene rings is 1. The molecule has 1 aromatic carbocycles. The van der Waals surface area contributed by atoms with Crippen LogP contribution in [0.1, 0.15) is 13.3 Å².